The Kier molecular flexibility index (Phi) is 8.57. The quantitative estimate of drug-likeness (QED) is 0.398. The van der Waals surface area contributed by atoms with Crippen LogP contribution in [0.3, 0.4) is 0 Å². The Morgan fingerprint density at radius 2 is 1.91 bits per heavy atom. The summed E-state index contributed by atoms with van der Waals surface area (Å²) >= 11 is 0. The normalized spacial score (nSPS) is 11.4. The molecule has 0 heterocycles. The summed E-state index contributed by atoms with van der Waals surface area (Å²) in [5, 5.41) is 0. The molecule has 0 rings (SSSR count). The van der Waals surface area contributed by atoms with Crippen molar-refractivity contribution in [2.24, 2.45) is 0 Å². The van der Waals surface area contributed by atoms with Gasteiger partial charge in [-0.3, -0.25) is 0 Å². The van der Waals surface area contributed by atoms with Crippen LogP contribution < -0.4 is 0 Å². The van der Waals surface area contributed by atoms with Crippen molar-refractivity contribution in [2.45, 2.75) is 32.6 Å². The minimum Gasteiger partial charge on any atom is -0.103 e. The smallest absolute Gasteiger partial charge is 0.0169 e. The van der Waals surface area contributed by atoms with Crippen molar-refractivity contribution >= 4 is 0 Å². The molecule has 0 aliphatic carbocycles. The van der Waals surface area contributed by atoms with Crippen molar-refractivity contribution < 1.29 is 0 Å². The minimum absolute atomic E-state index is 1.07. The Labute approximate surface area is 70.3 Å². The molecule has 0 unspecified atom stereocenters. The van der Waals surface area contributed by atoms with Gasteiger partial charge in [0.05, 0.1) is 0 Å². The number of allylic oxidation sites excluding steroid dienone is 5. The van der Waals surface area contributed by atoms with E-state index in [2.05, 4.69) is 30.9 Å². The van der Waals surface area contributed by atoms with Crippen LogP contribution in [0.1, 0.15) is 32.6 Å². The molecule has 11 heavy (non-hydrogen) atoms. The van der Waals surface area contributed by atoms with E-state index >= 15 is 0 Å². The number of hydrogen-bond donors (Lipinski definition) is 0. The number of unbranched alkanes of at least 4 members (excludes halogenated alkanes) is 2. The second-order valence-electron chi connectivity index (χ2n) is 2.50. The lowest BCUT2D eigenvalue weighted by molar-refractivity contribution is 0.867. The summed E-state index contributed by atoms with van der Waals surface area (Å²) in [6.45, 7) is 5.72. The summed E-state index contributed by atoms with van der Waals surface area (Å²) < 4.78 is 0. The van der Waals surface area contributed by atoms with Crippen LogP contribution in [0, 0.1) is 0 Å². The van der Waals surface area contributed by atoms with Gasteiger partial charge in [0.25, 0.3) is 0 Å². The maximum Gasteiger partial charge on any atom is -0.0169 e. The van der Waals surface area contributed by atoms with Crippen LogP contribution in [0.25, 0.3) is 0 Å². The third-order valence-electron chi connectivity index (χ3n) is 1.45. The zero-order valence-corrected chi connectivity index (χ0v) is 7.42. The molecule has 0 bridgehead atoms. The standard InChI is InChI=1S/C11H18/c1-3-5-7-9-11-10-8-6-4-2/h3-4,6,10-11H,1,5,7-9H2,2H3/b6-4+,11-10+. The highest BCUT2D eigenvalue weighted by molar-refractivity contribution is 4.91. The summed E-state index contributed by atoms with van der Waals surface area (Å²) in [5.41, 5.74) is 0. The van der Waals surface area contributed by atoms with E-state index in [9.17, 15) is 0 Å². The lowest BCUT2D eigenvalue weighted by atomic mass is 10.2. The van der Waals surface area contributed by atoms with E-state index in [1.54, 1.807) is 0 Å². The second-order valence-corrected chi connectivity index (χ2v) is 2.50. The van der Waals surface area contributed by atoms with Gasteiger partial charge in [0.15, 0.2) is 0 Å². The molecular formula is C11H18. The lowest BCUT2D eigenvalue weighted by Crippen LogP contribution is -1.67. The maximum atomic E-state index is 3.67. The fourth-order valence-corrected chi connectivity index (χ4v) is 0.809. The van der Waals surface area contributed by atoms with E-state index in [1.165, 1.54) is 12.8 Å². The highest BCUT2D eigenvalue weighted by Gasteiger charge is 1.77. The number of hydrogen-bond acceptors (Lipinski definition) is 0. The predicted molar refractivity (Wildman–Crippen MR) is 52.6 cm³/mol. The largest absolute Gasteiger partial charge is 0.103 e. The summed E-state index contributed by atoms with van der Waals surface area (Å²) in [4.78, 5) is 0. The Bertz CT molecular complexity index is 129. The van der Waals surface area contributed by atoms with Crippen molar-refractivity contribution in [3.05, 3.63) is 37.0 Å². The summed E-state index contributed by atoms with van der Waals surface area (Å²) in [6, 6.07) is 0. The van der Waals surface area contributed by atoms with E-state index in [0.717, 1.165) is 12.8 Å². The Morgan fingerprint density at radius 1 is 1.09 bits per heavy atom. The van der Waals surface area contributed by atoms with Gasteiger partial charge < -0.3 is 0 Å². The van der Waals surface area contributed by atoms with Crippen LogP contribution in [0.2, 0.25) is 0 Å². The molecule has 0 atom stereocenters. The highest BCUT2D eigenvalue weighted by Crippen LogP contribution is 1.97. The molecule has 0 spiro atoms. The van der Waals surface area contributed by atoms with Gasteiger partial charge in [-0.25, -0.2) is 0 Å². The van der Waals surface area contributed by atoms with Crippen LogP contribution >= 0.6 is 0 Å². The Morgan fingerprint density at radius 3 is 2.55 bits per heavy atom. The Balaban J connectivity index is 3.09. The molecule has 0 radical (unpaired) electrons. The summed E-state index contributed by atoms with van der Waals surface area (Å²) in [5.74, 6) is 0. The molecule has 0 heteroatoms. The molecule has 0 fully saturated rings. The first-order valence-electron chi connectivity index (χ1n) is 4.29. The minimum atomic E-state index is 1.07. The number of rotatable bonds is 6. The monoisotopic (exact) mass is 150 g/mol. The molecule has 0 aromatic carbocycles. The average molecular weight is 150 g/mol. The summed E-state index contributed by atoms with van der Waals surface area (Å²) in [6.07, 6.45) is 15.3. The SMILES string of the molecule is C=CCCC/C=C/C/C=C/C. The molecule has 0 aromatic heterocycles. The average Bonchev–Trinajstić information content (AvgIpc) is 2.03. The molecule has 0 amide bonds. The van der Waals surface area contributed by atoms with Crippen molar-refractivity contribution in [3.8, 4) is 0 Å². The molecule has 62 valence electrons. The third-order valence-corrected chi connectivity index (χ3v) is 1.45. The van der Waals surface area contributed by atoms with E-state index in [4.69, 9.17) is 0 Å². The fraction of sp³-hybridized carbons (Fsp3) is 0.455. The summed E-state index contributed by atoms with van der Waals surface area (Å²) in [7, 11) is 0. The van der Waals surface area contributed by atoms with E-state index in [-0.39, 0.29) is 0 Å². The van der Waals surface area contributed by atoms with E-state index < -0.39 is 0 Å². The van der Waals surface area contributed by atoms with Crippen molar-refractivity contribution in [2.75, 3.05) is 0 Å². The fourth-order valence-electron chi connectivity index (χ4n) is 0.809. The van der Waals surface area contributed by atoms with Gasteiger partial charge >= 0.3 is 0 Å². The van der Waals surface area contributed by atoms with Gasteiger partial charge in [0.2, 0.25) is 0 Å². The lowest BCUT2D eigenvalue weighted by Gasteiger charge is -1.87. The van der Waals surface area contributed by atoms with Crippen LogP contribution in [-0.2, 0) is 0 Å². The molecule has 0 N–H and O–H groups in total. The first kappa shape index (κ1) is 10.2. The molecule has 0 nitrogen and oxygen atoms in total. The Hall–Kier alpha value is -0.780. The van der Waals surface area contributed by atoms with Crippen molar-refractivity contribution in [1.29, 1.82) is 0 Å². The topological polar surface area (TPSA) is 0 Å². The van der Waals surface area contributed by atoms with Crippen LogP contribution in [0.5, 0.6) is 0 Å². The highest BCUT2D eigenvalue weighted by atomic mass is 13.8. The van der Waals surface area contributed by atoms with Crippen LogP contribution in [0.15, 0.2) is 37.0 Å². The third kappa shape index (κ3) is 9.22. The van der Waals surface area contributed by atoms with Gasteiger partial charge in [-0.05, 0) is 32.6 Å². The molecule has 0 aliphatic heterocycles. The van der Waals surface area contributed by atoms with E-state index in [0.29, 0.717) is 0 Å². The molecule has 0 saturated carbocycles. The van der Waals surface area contributed by atoms with Crippen LogP contribution in [0.4, 0.5) is 0 Å². The van der Waals surface area contributed by atoms with Crippen LogP contribution in [-0.4, -0.2) is 0 Å². The van der Waals surface area contributed by atoms with Crippen molar-refractivity contribution in [1.82, 2.24) is 0 Å². The predicted octanol–water partition coefficient (Wildman–Crippen LogP) is 3.87. The maximum absolute atomic E-state index is 3.67. The van der Waals surface area contributed by atoms with Gasteiger partial charge in [0, 0.05) is 0 Å². The second kappa shape index (κ2) is 9.22. The molecule has 0 aromatic rings. The van der Waals surface area contributed by atoms with Crippen molar-refractivity contribution in [3.63, 3.8) is 0 Å². The van der Waals surface area contributed by atoms with E-state index in [1.807, 2.05) is 13.0 Å². The first-order valence-corrected chi connectivity index (χ1v) is 4.29. The molecular weight excluding hydrogens is 132 g/mol. The zero-order valence-electron chi connectivity index (χ0n) is 7.42. The molecule has 0 saturated heterocycles. The van der Waals surface area contributed by atoms with Gasteiger partial charge in [-0.2, -0.15) is 0 Å². The van der Waals surface area contributed by atoms with Gasteiger partial charge in [-0.15, -0.1) is 6.58 Å². The first-order chi connectivity index (χ1) is 5.41. The zero-order chi connectivity index (χ0) is 8.36. The van der Waals surface area contributed by atoms with Gasteiger partial charge in [0.1, 0.15) is 0 Å². The molecule has 0 aliphatic rings. The van der Waals surface area contributed by atoms with Gasteiger partial charge in [-0.1, -0.05) is 30.4 Å².